The molecule has 15 nitrogen and oxygen atoms in total. The van der Waals surface area contributed by atoms with Gasteiger partial charge in [-0.25, -0.2) is 8.57 Å². The van der Waals surface area contributed by atoms with Gasteiger partial charge in [-0.3, -0.25) is 9.11 Å². The maximum absolute atomic E-state index is 11.7. The van der Waals surface area contributed by atoms with Crippen LogP contribution < -0.4 is 16.4 Å². The molecule has 3 rings (SSSR count). The van der Waals surface area contributed by atoms with E-state index in [1.54, 1.807) is 24.3 Å². The zero-order valence-corrected chi connectivity index (χ0v) is 20.9. The summed E-state index contributed by atoms with van der Waals surface area (Å²) >= 11 is 0. The first kappa shape index (κ1) is 27.2. The number of anilines is 4. The van der Waals surface area contributed by atoms with Crippen molar-refractivity contribution in [3.63, 3.8) is 0 Å². The van der Waals surface area contributed by atoms with Gasteiger partial charge in [0.1, 0.15) is 4.90 Å². The molecule has 1 aromatic heterocycles. The number of benzene rings is 2. The molecule has 7 N–H and O–H groups in total. The number of hydrogen-bond donors (Lipinski definition) is 6. The molecule has 0 amide bonds. The van der Waals surface area contributed by atoms with Crippen LogP contribution in [-0.2, 0) is 43.3 Å². The molecule has 0 aliphatic rings. The quantitative estimate of drug-likeness (QED) is 0.203. The highest BCUT2D eigenvalue weighted by molar-refractivity contribution is 7.87. The highest BCUT2D eigenvalue weighted by Crippen LogP contribution is 2.27. The molecular formula is C18H21N7O8S3. The maximum atomic E-state index is 11.7. The standard InChI is InChI=1S/C18H21N7O8S3/c1-34(26,27)21-10-12-4-2-3-11(7-12)9-20-17-23-16(19)24-18(25-17)22-14-8-13(35(28,29)30)5-6-15(14)36(31,32)33/h2-8H,9-10H2,1H3,(H,21,26,27)(H,28,29,30)(H,31,32,33)(H4,19,20,22,23,24,25). The molecule has 1 unspecified atom stereocenters. The number of nitrogens with zero attached hydrogens (tertiary/aromatic N) is 4. The van der Waals surface area contributed by atoms with Crippen LogP contribution in [0.2, 0.25) is 0 Å². The van der Waals surface area contributed by atoms with Crippen LogP contribution in [0, 0.1) is 0 Å². The topological polar surface area (TPSA) is 247 Å². The van der Waals surface area contributed by atoms with Crippen LogP contribution in [-0.4, -0.2) is 55.9 Å². The number of hydrogen-bond acceptors (Lipinski definition) is 12. The molecule has 194 valence electrons. The van der Waals surface area contributed by atoms with Gasteiger partial charge in [-0.15, -0.1) is 0 Å². The van der Waals surface area contributed by atoms with Gasteiger partial charge in [0.05, 0.1) is 17.1 Å². The van der Waals surface area contributed by atoms with E-state index in [-0.39, 0.29) is 30.9 Å². The Hall–Kier alpha value is -3.42. The van der Waals surface area contributed by atoms with Crippen molar-refractivity contribution in [2.75, 3.05) is 22.6 Å². The molecule has 0 spiro atoms. The molecule has 0 radical (unpaired) electrons. The minimum atomic E-state index is -4.80. The zero-order valence-electron chi connectivity index (χ0n) is 18.4. The lowest BCUT2D eigenvalue weighted by atomic mass is 10.1. The maximum Gasteiger partial charge on any atom is 0.296 e. The summed E-state index contributed by atoms with van der Waals surface area (Å²) in [7, 11) is -12.7. The van der Waals surface area contributed by atoms with Crippen LogP contribution >= 0.6 is 0 Å². The predicted octanol–water partition coefficient (Wildman–Crippen LogP) is 1.37. The van der Waals surface area contributed by atoms with E-state index in [0.29, 0.717) is 5.56 Å². The first-order chi connectivity index (χ1) is 16.6. The number of nitrogens with two attached hydrogens (primary N) is 1. The van der Waals surface area contributed by atoms with E-state index in [9.17, 15) is 34.7 Å². The normalized spacial score (nSPS) is 13.6. The van der Waals surface area contributed by atoms with Gasteiger partial charge in [0, 0.05) is 12.8 Å². The number of nitrogen functional groups attached to an aromatic ring is 1. The fraction of sp³-hybridized carbons (Fsp3) is 0.167. The van der Waals surface area contributed by atoms with Crippen molar-refractivity contribution in [1.82, 2.24) is 15.0 Å². The molecule has 0 saturated heterocycles. The Labute approximate surface area is 206 Å². The second-order valence-electron chi connectivity index (χ2n) is 7.30. The summed E-state index contributed by atoms with van der Waals surface area (Å²) in [4.78, 5) is 10.4. The van der Waals surface area contributed by atoms with E-state index in [4.69, 9.17) is 5.73 Å². The van der Waals surface area contributed by atoms with Crippen molar-refractivity contribution in [2.45, 2.75) is 22.9 Å². The lowest BCUT2D eigenvalue weighted by Gasteiger charge is -2.12. The Kier molecular flexibility index (Phi) is 7.76. The van der Waals surface area contributed by atoms with Crippen LogP contribution in [0.1, 0.15) is 11.1 Å². The van der Waals surface area contributed by atoms with Gasteiger partial charge in [0.25, 0.3) is 20.2 Å². The summed E-state index contributed by atoms with van der Waals surface area (Å²) in [6.45, 7) is 0.219. The smallest absolute Gasteiger partial charge is 0.296 e. The predicted molar refractivity (Wildman–Crippen MR) is 130 cm³/mol. The van der Waals surface area contributed by atoms with Gasteiger partial charge >= 0.3 is 0 Å². The molecule has 3 aromatic rings. The Balaban J connectivity index is 1.86. The minimum absolute atomic E-state index is 0.0329. The monoisotopic (exact) mass is 559 g/mol. The van der Waals surface area contributed by atoms with E-state index in [1.807, 2.05) is 0 Å². The van der Waals surface area contributed by atoms with Crippen LogP contribution in [0.25, 0.3) is 0 Å². The average molecular weight is 560 g/mol. The third-order valence-corrected chi connectivity index (χ3v) is 6.72. The third kappa shape index (κ3) is 7.80. The van der Waals surface area contributed by atoms with Crippen molar-refractivity contribution in [3.05, 3.63) is 53.6 Å². The summed E-state index contributed by atoms with van der Waals surface area (Å²) in [6.07, 6.45) is 1.10. The summed E-state index contributed by atoms with van der Waals surface area (Å²) < 4.78 is 89.4. The molecule has 0 aliphatic carbocycles. The molecule has 0 bridgehead atoms. The van der Waals surface area contributed by atoms with Gasteiger partial charge in [-0.05, 0) is 29.3 Å². The Morgan fingerprint density at radius 2 is 1.56 bits per heavy atom. The van der Waals surface area contributed by atoms with E-state index >= 15 is 0 Å². The number of nitrogens with one attached hydrogen (secondary N) is 2. The second-order valence-corrected chi connectivity index (χ2v) is 11.9. The van der Waals surface area contributed by atoms with Gasteiger partial charge in [0.15, 0.2) is 10.0 Å². The zero-order chi connectivity index (χ0) is 26.7. The lowest BCUT2D eigenvalue weighted by Crippen LogP contribution is -2.11. The Bertz CT molecular complexity index is 1630. The Morgan fingerprint density at radius 1 is 0.889 bits per heavy atom. The van der Waals surface area contributed by atoms with Gasteiger partial charge in [0.2, 0.25) is 17.8 Å². The van der Waals surface area contributed by atoms with Crippen molar-refractivity contribution < 1.29 is 34.7 Å². The summed E-state index contributed by atoms with van der Waals surface area (Å²) in [5, 5.41) is 5.34. The first-order valence-corrected chi connectivity index (χ1v) is 14.5. The molecule has 0 saturated carbocycles. The molecule has 0 aliphatic heterocycles. The fourth-order valence-electron chi connectivity index (χ4n) is 2.85. The van der Waals surface area contributed by atoms with Gasteiger partial charge in [-0.1, -0.05) is 24.3 Å². The molecule has 36 heavy (non-hydrogen) atoms. The van der Waals surface area contributed by atoms with E-state index in [2.05, 4.69) is 29.9 Å². The van der Waals surface area contributed by atoms with Crippen LogP contribution in [0.3, 0.4) is 0 Å². The van der Waals surface area contributed by atoms with Crippen LogP contribution in [0.15, 0.2) is 56.6 Å². The average Bonchev–Trinajstić information content (AvgIpc) is 2.74. The minimum Gasteiger partial charge on any atom is -0.368 e. The molecular weight excluding hydrogens is 538 g/mol. The second kappa shape index (κ2) is 10.3. The van der Waals surface area contributed by atoms with Gasteiger partial charge < -0.3 is 20.9 Å². The highest BCUT2D eigenvalue weighted by Gasteiger charge is 2.21. The van der Waals surface area contributed by atoms with Crippen LogP contribution in [0.4, 0.5) is 23.5 Å². The molecule has 18 heteroatoms. The molecule has 0 fully saturated rings. The lowest BCUT2D eigenvalue weighted by molar-refractivity contribution is 0.479. The van der Waals surface area contributed by atoms with Gasteiger partial charge in [-0.2, -0.15) is 31.8 Å². The Morgan fingerprint density at radius 3 is 2.19 bits per heavy atom. The fourth-order valence-corrected chi connectivity index (χ4v) is 4.38. The van der Waals surface area contributed by atoms with E-state index in [0.717, 1.165) is 30.0 Å². The van der Waals surface area contributed by atoms with E-state index in [1.165, 1.54) is 0 Å². The number of aromatic nitrogens is 3. The summed E-state index contributed by atoms with van der Waals surface area (Å²) in [6, 6.07) is 9.30. The summed E-state index contributed by atoms with van der Waals surface area (Å²) in [5.41, 5.74) is 6.68. The molecule has 1 heterocycles. The van der Waals surface area contributed by atoms with Crippen molar-refractivity contribution in [2.24, 2.45) is 4.36 Å². The van der Waals surface area contributed by atoms with Crippen molar-refractivity contribution in [1.29, 1.82) is 0 Å². The highest BCUT2D eigenvalue weighted by atomic mass is 32.2. The van der Waals surface area contributed by atoms with Crippen molar-refractivity contribution in [3.8, 4) is 0 Å². The molecule has 1 atom stereocenters. The molecule has 2 aromatic carbocycles. The van der Waals surface area contributed by atoms with Crippen LogP contribution in [0.5, 0.6) is 0 Å². The first-order valence-electron chi connectivity index (χ1n) is 9.70. The SMILES string of the molecule is CS(=O)(O)=NCc1cccc(CNc2nc(N)nc(Nc3cc(S(=O)(=O)O)ccc3S(=O)(=O)O)n2)c1. The summed E-state index contributed by atoms with van der Waals surface area (Å²) in [5.74, 6) is -0.607. The van der Waals surface area contributed by atoms with Crippen molar-refractivity contribution >= 4 is 53.8 Å². The third-order valence-electron chi connectivity index (χ3n) is 4.35. The largest absolute Gasteiger partial charge is 0.368 e. The van der Waals surface area contributed by atoms with E-state index < -0.39 is 45.7 Å². The number of rotatable bonds is 9.